The molecule has 2 aliphatic rings. The van der Waals surface area contributed by atoms with E-state index in [4.69, 9.17) is 9.47 Å². The van der Waals surface area contributed by atoms with Crippen LogP contribution in [0.2, 0.25) is 0 Å². The third-order valence-electron chi connectivity index (χ3n) is 11.0. The molecule has 4 aromatic rings. The number of fused-ring (bicyclic) bond motifs is 2. The van der Waals surface area contributed by atoms with Gasteiger partial charge in [0, 0.05) is 48.1 Å². The average molecular weight is 689 g/mol. The molecule has 12 heteroatoms. The Bertz CT molecular complexity index is 1680. The van der Waals surface area contributed by atoms with Crippen LogP contribution < -0.4 is 10.6 Å². The number of ether oxygens (including phenoxy) is 2. The Kier molecular flexibility index (Phi) is 11.3. The molecule has 12 nitrogen and oxygen atoms in total. The molecular formula is C38H56N8O4. The molecule has 0 unspecified atom stereocenters. The lowest BCUT2D eigenvalue weighted by Crippen LogP contribution is -2.50. The van der Waals surface area contributed by atoms with Crippen molar-refractivity contribution in [2.24, 2.45) is 11.8 Å². The molecule has 4 heterocycles. The van der Waals surface area contributed by atoms with Crippen molar-refractivity contribution in [3.05, 3.63) is 59.0 Å². The van der Waals surface area contributed by atoms with Gasteiger partial charge >= 0.3 is 0 Å². The Morgan fingerprint density at radius 1 is 0.640 bits per heavy atom. The maximum absolute atomic E-state index is 12.9. The van der Waals surface area contributed by atoms with Crippen molar-refractivity contribution >= 4 is 23.1 Å². The van der Waals surface area contributed by atoms with Gasteiger partial charge in [-0.3, -0.25) is 18.4 Å². The fourth-order valence-corrected chi connectivity index (χ4v) is 7.82. The molecule has 0 aromatic carbocycles. The van der Waals surface area contributed by atoms with Crippen LogP contribution in [0, 0.1) is 39.5 Å². The number of amides is 2. The van der Waals surface area contributed by atoms with E-state index in [2.05, 4.69) is 58.3 Å². The fraction of sp³-hybridized carbons (Fsp3) is 0.632. The number of carbonyl (C=O) groups is 2. The van der Waals surface area contributed by atoms with Crippen molar-refractivity contribution in [3.63, 3.8) is 0 Å². The summed E-state index contributed by atoms with van der Waals surface area (Å²) in [4.78, 5) is 43.4. The summed E-state index contributed by atoms with van der Waals surface area (Å²) in [5, 5.41) is 6.39. The highest BCUT2D eigenvalue weighted by Gasteiger charge is 2.36. The van der Waals surface area contributed by atoms with E-state index in [9.17, 15) is 9.59 Å². The van der Waals surface area contributed by atoms with Crippen molar-refractivity contribution < 1.29 is 19.1 Å². The molecule has 0 spiro atoms. The van der Waals surface area contributed by atoms with E-state index in [1.165, 1.54) is 0 Å². The van der Waals surface area contributed by atoms with Gasteiger partial charge in [0.15, 0.2) is 22.7 Å². The van der Waals surface area contributed by atoms with Gasteiger partial charge in [-0.1, -0.05) is 0 Å². The third kappa shape index (κ3) is 8.18. The lowest BCUT2D eigenvalue weighted by molar-refractivity contribution is 0.0392. The van der Waals surface area contributed by atoms with Gasteiger partial charge in [0.2, 0.25) is 0 Å². The first-order valence-corrected chi connectivity index (χ1v) is 18.0. The van der Waals surface area contributed by atoms with E-state index in [-0.39, 0.29) is 22.9 Å². The molecule has 2 fully saturated rings. The van der Waals surface area contributed by atoms with Gasteiger partial charge in [-0.15, -0.1) is 0 Å². The van der Waals surface area contributed by atoms with E-state index in [0.717, 1.165) is 74.1 Å². The molecule has 2 amide bonds. The predicted octanol–water partition coefficient (Wildman–Crippen LogP) is 6.12. The van der Waals surface area contributed by atoms with E-state index in [0.29, 0.717) is 46.7 Å². The highest BCUT2D eigenvalue weighted by Crippen LogP contribution is 2.35. The predicted molar refractivity (Wildman–Crippen MR) is 194 cm³/mol. The van der Waals surface area contributed by atoms with Gasteiger partial charge in [-0.05, 0) is 131 Å². The minimum Gasteiger partial charge on any atom is -0.381 e. The van der Waals surface area contributed by atoms with Gasteiger partial charge < -0.3 is 20.1 Å². The molecule has 0 atom stereocenters. The van der Waals surface area contributed by atoms with Crippen LogP contribution >= 0.6 is 0 Å². The maximum Gasteiger partial charge on any atom is 0.274 e. The van der Waals surface area contributed by atoms with Crippen molar-refractivity contribution in [1.29, 1.82) is 0 Å². The second-order valence-electron chi connectivity index (χ2n) is 15.4. The molecule has 272 valence electrons. The average Bonchev–Trinajstić information content (AvgIpc) is 3.70. The van der Waals surface area contributed by atoms with Crippen molar-refractivity contribution in [3.8, 4) is 0 Å². The molecular weight excluding hydrogens is 632 g/mol. The molecule has 2 N–H and O–H groups in total. The van der Waals surface area contributed by atoms with Gasteiger partial charge in [-0.25, -0.2) is 19.9 Å². The van der Waals surface area contributed by atoms with Crippen LogP contribution in [-0.4, -0.2) is 78.1 Å². The zero-order valence-corrected chi connectivity index (χ0v) is 31.6. The number of imidazole rings is 2. The quantitative estimate of drug-likeness (QED) is 0.226. The Hall–Kier alpha value is -3.90. The number of methoxy groups -OCH3 is 2. The highest BCUT2D eigenvalue weighted by atomic mass is 16.5. The first-order valence-electron chi connectivity index (χ1n) is 18.0. The second-order valence-corrected chi connectivity index (χ2v) is 15.4. The standard InChI is InChI=1S/2C19H28N4O2/c2*1-12-10-13(2)23-11-20-16(17(23)21-12)18(24)22-19(3,4)14-6-8-15(25-5)9-7-14/h2*10-11,14-15H,6-9H2,1-5H3,(H,22,24). The molecule has 2 saturated carbocycles. The number of nitrogens with one attached hydrogen (secondary N) is 2. The highest BCUT2D eigenvalue weighted by molar-refractivity contribution is 5.99. The van der Waals surface area contributed by atoms with Crippen molar-refractivity contribution in [2.75, 3.05) is 14.2 Å². The topological polar surface area (TPSA) is 137 Å². The number of rotatable bonds is 8. The number of aromatic nitrogens is 6. The number of hydrogen-bond donors (Lipinski definition) is 2. The molecule has 0 aliphatic heterocycles. The van der Waals surface area contributed by atoms with Crippen LogP contribution in [0.15, 0.2) is 24.8 Å². The van der Waals surface area contributed by atoms with E-state index >= 15 is 0 Å². The summed E-state index contributed by atoms with van der Waals surface area (Å²) in [6.45, 7) is 16.2. The molecule has 4 aromatic heterocycles. The Morgan fingerprint density at radius 3 is 1.30 bits per heavy atom. The van der Waals surface area contributed by atoms with Gasteiger partial charge in [0.05, 0.1) is 12.2 Å². The van der Waals surface area contributed by atoms with Gasteiger partial charge in [-0.2, -0.15) is 0 Å². The maximum atomic E-state index is 12.9. The minimum absolute atomic E-state index is 0.154. The SMILES string of the molecule is COC1CCC(C(C)(C)NC(=O)c2ncn3c(C)cc(C)nc23)CC1.COC1CCC(C(C)(C)NC(=O)c2ncn3c(C)cc(C)nc23)CC1. The van der Waals surface area contributed by atoms with Crippen molar-refractivity contribution in [2.45, 2.75) is 130 Å². The lowest BCUT2D eigenvalue weighted by Gasteiger charge is -2.39. The smallest absolute Gasteiger partial charge is 0.274 e. The molecule has 2 aliphatic carbocycles. The third-order valence-corrected chi connectivity index (χ3v) is 11.0. The fourth-order valence-electron chi connectivity index (χ4n) is 7.82. The minimum atomic E-state index is -0.287. The lowest BCUT2D eigenvalue weighted by atomic mass is 9.75. The molecule has 0 bridgehead atoms. The van der Waals surface area contributed by atoms with Crippen molar-refractivity contribution in [1.82, 2.24) is 39.4 Å². The molecule has 0 saturated heterocycles. The van der Waals surface area contributed by atoms with Gasteiger partial charge in [0.1, 0.15) is 12.7 Å². The normalized spacial score (nSPS) is 21.5. The summed E-state index contributed by atoms with van der Waals surface area (Å²) in [5.41, 5.74) is 5.26. The monoisotopic (exact) mass is 688 g/mol. The summed E-state index contributed by atoms with van der Waals surface area (Å²) in [6.07, 6.45) is 12.5. The van der Waals surface area contributed by atoms with E-state index in [1.807, 2.05) is 48.6 Å². The van der Waals surface area contributed by atoms with Gasteiger partial charge in [0.25, 0.3) is 11.8 Å². The zero-order chi connectivity index (χ0) is 36.4. The summed E-state index contributed by atoms with van der Waals surface area (Å²) >= 11 is 0. The molecule has 50 heavy (non-hydrogen) atoms. The van der Waals surface area contributed by atoms with E-state index < -0.39 is 0 Å². The number of carbonyl (C=O) groups excluding carboxylic acids is 2. The van der Waals surface area contributed by atoms with Crippen LogP contribution in [0.1, 0.15) is 123 Å². The number of aryl methyl sites for hydroxylation is 4. The molecule has 6 rings (SSSR count). The first kappa shape index (κ1) is 37.4. The largest absolute Gasteiger partial charge is 0.381 e. The summed E-state index contributed by atoms with van der Waals surface area (Å²) < 4.78 is 14.6. The summed E-state index contributed by atoms with van der Waals surface area (Å²) in [7, 11) is 3.55. The van der Waals surface area contributed by atoms with Crippen LogP contribution in [0.4, 0.5) is 0 Å². The van der Waals surface area contributed by atoms with E-state index in [1.54, 1.807) is 26.9 Å². The summed E-state index contributed by atoms with van der Waals surface area (Å²) in [6, 6.07) is 3.96. The first-order chi connectivity index (χ1) is 23.6. The molecule has 0 radical (unpaired) electrons. The van der Waals surface area contributed by atoms with Crippen LogP contribution in [-0.2, 0) is 9.47 Å². The number of nitrogens with zero attached hydrogens (tertiary/aromatic N) is 6. The summed E-state index contributed by atoms with van der Waals surface area (Å²) in [5.74, 6) is 0.569. The number of hydrogen-bond acceptors (Lipinski definition) is 8. The Morgan fingerprint density at radius 2 is 0.980 bits per heavy atom. The van der Waals surface area contributed by atoms with Crippen LogP contribution in [0.25, 0.3) is 11.3 Å². The van der Waals surface area contributed by atoms with Crippen LogP contribution in [0.3, 0.4) is 0 Å². The second kappa shape index (κ2) is 15.1. The Balaban J connectivity index is 0.000000194. The Labute approximate surface area is 296 Å². The zero-order valence-electron chi connectivity index (χ0n) is 31.6. The van der Waals surface area contributed by atoms with Crippen LogP contribution in [0.5, 0.6) is 0 Å².